The second-order valence-electron chi connectivity index (χ2n) is 9.43. The zero-order valence-corrected chi connectivity index (χ0v) is 17.4. The molecule has 2 aromatic rings. The van der Waals surface area contributed by atoms with Gasteiger partial charge in [0.25, 0.3) is 5.91 Å². The number of nitrogens with zero attached hydrogens (tertiary/aromatic N) is 3. The Kier molecular flexibility index (Phi) is 4.55. The Morgan fingerprint density at radius 3 is 2.74 bits per heavy atom. The number of halogens is 3. The number of nitrogens with one attached hydrogen (secondary N) is 3. The number of anilines is 1. The zero-order chi connectivity index (χ0) is 22.0. The number of aromatic amines is 1. The lowest BCUT2D eigenvalue weighted by Crippen LogP contribution is -2.50. The van der Waals surface area contributed by atoms with Crippen LogP contribution in [0.25, 0.3) is 11.3 Å². The van der Waals surface area contributed by atoms with Crippen LogP contribution in [0.15, 0.2) is 12.4 Å². The Morgan fingerprint density at radius 1 is 1.29 bits per heavy atom. The van der Waals surface area contributed by atoms with E-state index in [4.69, 9.17) is 0 Å². The third-order valence-corrected chi connectivity index (χ3v) is 6.57. The standard InChI is InChI=1S/C21H25F3N6O/c1-20(2)4-3-12(6-27-20)28-19-26-8-15(21(22,23)24)16(29-19)14-7-25-17-13(14)5-11-9-30(10-11)18(17)31/h7-8,11-12,25,27H,3-6,9-10H2,1-2H3,(H,26,28,29)/t12-/m0/s1. The van der Waals surface area contributed by atoms with Gasteiger partial charge in [0.1, 0.15) is 11.3 Å². The fraction of sp³-hybridized carbons (Fsp3) is 0.571. The molecule has 6 heterocycles. The molecule has 0 saturated carbocycles. The SMILES string of the molecule is CC1(C)CC[C@H](Nc2ncc(C(F)(F)F)c(-c3c[nH]c4c3CC3CN(C3)C4=O)n2)CN1. The van der Waals surface area contributed by atoms with Crippen LogP contribution in [0.5, 0.6) is 0 Å². The maximum atomic E-state index is 13.8. The van der Waals surface area contributed by atoms with Crippen LogP contribution in [0, 0.1) is 5.92 Å². The van der Waals surface area contributed by atoms with E-state index in [1.54, 1.807) is 4.90 Å². The summed E-state index contributed by atoms with van der Waals surface area (Å²) in [6.07, 6.45) is 0.0678. The second kappa shape index (κ2) is 6.94. The van der Waals surface area contributed by atoms with Crippen molar-refractivity contribution in [2.75, 3.05) is 25.0 Å². The summed E-state index contributed by atoms with van der Waals surface area (Å²) in [5, 5.41) is 6.60. The fourth-order valence-corrected chi connectivity index (χ4v) is 4.67. The van der Waals surface area contributed by atoms with Crippen LogP contribution in [-0.4, -0.2) is 57.0 Å². The first-order valence-electron chi connectivity index (χ1n) is 10.6. The topological polar surface area (TPSA) is 85.9 Å². The molecule has 1 atom stereocenters. The molecule has 10 heteroatoms. The molecule has 4 aliphatic rings. The van der Waals surface area contributed by atoms with Crippen molar-refractivity contribution in [3.8, 4) is 11.3 Å². The largest absolute Gasteiger partial charge is 0.419 e. The number of carbonyl (C=O) groups excluding carboxylic acids is 1. The molecule has 31 heavy (non-hydrogen) atoms. The highest BCUT2D eigenvalue weighted by Crippen LogP contribution is 2.41. The molecule has 2 aromatic heterocycles. The highest BCUT2D eigenvalue weighted by Gasteiger charge is 2.41. The Balaban J connectivity index is 1.51. The fourth-order valence-electron chi connectivity index (χ4n) is 4.67. The summed E-state index contributed by atoms with van der Waals surface area (Å²) in [6.45, 7) is 6.22. The van der Waals surface area contributed by atoms with Crippen molar-refractivity contribution in [1.82, 2.24) is 25.2 Å². The van der Waals surface area contributed by atoms with Crippen LogP contribution in [0.3, 0.4) is 0 Å². The number of H-pyrrole nitrogens is 1. The molecule has 6 rings (SSSR count). The highest BCUT2D eigenvalue weighted by molar-refractivity contribution is 5.97. The van der Waals surface area contributed by atoms with Gasteiger partial charge in [-0.15, -0.1) is 0 Å². The monoisotopic (exact) mass is 434 g/mol. The minimum Gasteiger partial charge on any atom is -0.356 e. The van der Waals surface area contributed by atoms with E-state index in [2.05, 4.69) is 39.4 Å². The summed E-state index contributed by atoms with van der Waals surface area (Å²) in [4.78, 5) is 25.5. The number of amides is 1. The molecular weight excluding hydrogens is 409 g/mol. The molecule has 0 spiro atoms. The van der Waals surface area contributed by atoms with E-state index >= 15 is 0 Å². The summed E-state index contributed by atoms with van der Waals surface area (Å²) in [5.74, 6) is 0.273. The molecule has 2 saturated heterocycles. The third-order valence-electron chi connectivity index (χ3n) is 6.57. The van der Waals surface area contributed by atoms with E-state index in [9.17, 15) is 18.0 Å². The van der Waals surface area contributed by atoms with Gasteiger partial charge in [0, 0.05) is 49.2 Å². The third kappa shape index (κ3) is 3.66. The van der Waals surface area contributed by atoms with E-state index in [0.717, 1.165) is 19.0 Å². The molecule has 3 N–H and O–H groups in total. The zero-order valence-electron chi connectivity index (χ0n) is 17.4. The van der Waals surface area contributed by atoms with Gasteiger partial charge in [-0.25, -0.2) is 9.97 Å². The van der Waals surface area contributed by atoms with Gasteiger partial charge >= 0.3 is 6.18 Å². The predicted octanol–water partition coefficient (Wildman–Crippen LogP) is 3.06. The molecule has 0 unspecified atom stereocenters. The van der Waals surface area contributed by atoms with Crippen LogP contribution in [-0.2, 0) is 12.6 Å². The van der Waals surface area contributed by atoms with Crippen molar-refractivity contribution >= 4 is 11.9 Å². The van der Waals surface area contributed by atoms with Gasteiger partial charge in [-0.2, -0.15) is 13.2 Å². The molecule has 2 bridgehead atoms. The van der Waals surface area contributed by atoms with Crippen LogP contribution >= 0.6 is 0 Å². The molecule has 166 valence electrons. The van der Waals surface area contributed by atoms with Crippen molar-refractivity contribution in [1.29, 1.82) is 0 Å². The average molecular weight is 434 g/mol. The molecule has 4 aliphatic heterocycles. The number of hydrogen-bond acceptors (Lipinski definition) is 5. The summed E-state index contributed by atoms with van der Waals surface area (Å²) >= 11 is 0. The minimum absolute atomic E-state index is 0.0301. The molecule has 2 fully saturated rings. The molecule has 7 nitrogen and oxygen atoms in total. The van der Waals surface area contributed by atoms with Crippen LogP contribution in [0.4, 0.5) is 19.1 Å². The predicted molar refractivity (Wildman–Crippen MR) is 109 cm³/mol. The van der Waals surface area contributed by atoms with Gasteiger partial charge in [0.05, 0.1) is 5.69 Å². The minimum atomic E-state index is -4.60. The Morgan fingerprint density at radius 2 is 2.06 bits per heavy atom. The number of rotatable bonds is 3. The Bertz CT molecular complexity index is 1010. The molecular formula is C21H25F3N6O. The van der Waals surface area contributed by atoms with Gasteiger partial charge in [0.15, 0.2) is 0 Å². The van der Waals surface area contributed by atoms with Gasteiger partial charge in [-0.3, -0.25) is 4.79 Å². The number of aromatic nitrogens is 3. The Hall–Kier alpha value is -2.62. The first kappa shape index (κ1) is 20.3. The van der Waals surface area contributed by atoms with Crippen LogP contribution in [0.1, 0.15) is 48.3 Å². The second-order valence-corrected chi connectivity index (χ2v) is 9.43. The van der Waals surface area contributed by atoms with Crippen LogP contribution in [0.2, 0.25) is 0 Å². The van der Waals surface area contributed by atoms with Gasteiger partial charge in [-0.1, -0.05) is 0 Å². The van der Waals surface area contributed by atoms with Crippen molar-refractivity contribution in [2.45, 2.75) is 50.9 Å². The average Bonchev–Trinajstić information content (AvgIpc) is 2.97. The van der Waals surface area contributed by atoms with E-state index in [1.807, 2.05) is 0 Å². The van der Waals surface area contributed by atoms with E-state index in [-0.39, 0.29) is 35.0 Å². The summed E-state index contributed by atoms with van der Waals surface area (Å²) in [5.41, 5.74) is 0.274. The maximum Gasteiger partial charge on any atom is 0.419 e. The lowest BCUT2D eigenvalue weighted by molar-refractivity contribution is -0.137. The smallest absolute Gasteiger partial charge is 0.356 e. The van der Waals surface area contributed by atoms with E-state index in [1.165, 1.54) is 6.20 Å². The van der Waals surface area contributed by atoms with Gasteiger partial charge in [0.2, 0.25) is 5.95 Å². The van der Waals surface area contributed by atoms with Crippen molar-refractivity contribution in [3.05, 3.63) is 29.2 Å². The number of piperidine rings is 1. The van der Waals surface area contributed by atoms with E-state index < -0.39 is 11.7 Å². The summed E-state index contributed by atoms with van der Waals surface area (Å²) in [6, 6.07) is 0.0301. The van der Waals surface area contributed by atoms with Gasteiger partial charge in [-0.05, 0) is 44.6 Å². The summed E-state index contributed by atoms with van der Waals surface area (Å²) in [7, 11) is 0. The first-order valence-corrected chi connectivity index (χ1v) is 10.6. The normalized spacial score (nSPS) is 23.2. The van der Waals surface area contributed by atoms with Crippen molar-refractivity contribution < 1.29 is 18.0 Å². The van der Waals surface area contributed by atoms with Crippen LogP contribution < -0.4 is 10.6 Å². The lowest BCUT2D eigenvalue weighted by atomic mass is 9.91. The van der Waals surface area contributed by atoms with E-state index in [0.29, 0.717) is 42.9 Å². The van der Waals surface area contributed by atoms with Crippen molar-refractivity contribution in [2.24, 2.45) is 5.92 Å². The summed E-state index contributed by atoms with van der Waals surface area (Å²) < 4.78 is 41.4. The number of hydrogen-bond donors (Lipinski definition) is 3. The maximum absolute atomic E-state index is 13.8. The molecule has 0 radical (unpaired) electrons. The molecule has 1 amide bonds. The Labute approximate surface area is 177 Å². The lowest BCUT2D eigenvalue weighted by Gasteiger charge is -2.36. The number of carbonyl (C=O) groups is 1. The van der Waals surface area contributed by atoms with Crippen molar-refractivity contribution in [3.63, 3.8) is 0 Å². The highest BCUT2D eigenvalue weighted by atomic mass is 19.4. The molecule has 0 aliphatic carbocycles. The number of alkyl halides is 3. The quantitative estimate of drug-likeness (QED) is 0.691. The molecule has 0 aromatic carbocycles. The first-order chi connectivity index (χ1) is 14.6. The van der Waals surface area contributed by atoms with Gasteiger partial charge < -0.3 is 20.5 Å².